The highest BCUT2D eigenvalue weighted by Crippen LogP contribution is 2.43. The molecule has 0 spiro atoms. The number of nitro groups is 1. The van der Waals surface area contributed by atoms with Crippen LogP contribution < -0.4 is 24.4 Å². The van der Waals surface area contributed by atoms with Crippen LogP contribution in [0.1, 0.15) is 34.9 Å². The van der Waals surface area contributed by atoms with Crippen molar-refractivity contribution in [3.63, 3.8) is 0 Å². The number of thiazole rings is 1. The van der Waals surface area contributed by atoms with Gasteiger partial charge >= 0.3 is 0 Å². The Morgan fingerprint density at radius 1 is 1.02 bits per heavy atom. The average molecular weight is 626 g/mol. The molecule has 5 aromatic rings. The van der Waals surface area contributed by atoms with E-state index in [2.05, 4.69) is 12.1 Å². The van der Waals surface area contributed by atoms with Crippen molar-refractivity contribution in [1.29, 1.82) is 0 Å². The smallest absolute Gasteiger partial charge is 0.271 e. The third kappa shape index (κ3) is 4.63. The molecule has 220 valence electrons. The molecule has 1 aliphatic heterocycles. The standard InChI is InChI=1S/C33H24ClN3O6S/c1-41-27-13-8-19(15-28(27)42-2)31-23-11-7-18-5-3-4-6-22(18)30(23)35-33-36(31)32(38)29(44-33)17-21-10-14-26(43-21)24-16-20(37(39)40)9-12-25(24)34/h3-6,8-10,12-17,31H,7,11H2,1-2H3/b29-17-/t31-/m1/s1. The molecule has 0 saturated heterocycles. The Balaban J connectivity index is 1.39. The molecular formula is C33H24ClN3O6S. The Kier molecular flexibility index (Phi) is 6.95. The van der Waals surface area contributed by atoms with Crippen LogP contribution >= 0.6 is 22.9 Å². The minimum absolute atomic E-state index is 0.101. The molecule has 0 unspecified atom stereocenters. The van der Waals surface area contributed by atoms with Crippen molar-refractivity contribution in [1.82, 2.24) is 4.57 Å². The number of methoxy groups -OCH3 is 2. The van der Waals surface area contributed by atoms with E-state index in [9.17, 15) is 14.9 Å². The average Bonchev–Trinajstić information content (AvgIpc) is 3.63. The van der Waals surface area contributed by atoms with E-state index in [-0.39, 0.29) is 11.2 Å². The maximum absolute atomic E-state index is 14.1. The summed E-state index contributed by atoms with van der Waals surface area (Å²) in [5, 5.41) is 11.6. The quantitative estimate of drug-likeness (QED) is 0.165. The Hall–Kier alpha value is -4.93. The SMILES string of the molecule is COc1ccc([C@@H]2C3=C(N=c4s/c(=C\c5ccc(-c6cc([N+](=O)[O-])ccc6Cl)o5)c(=O)n42)c2ccccc2CC3)cc1OC. The predicted octanol–water partition coefficient (Wildman–Crippen LogP) is 6.16. The van der Waals surface area contributed by atoms with Gasteiger partial charge < -0.3 is 13.9 Å². The van der Waals surface area contributed by atoms with Gasteiger partial charge in [-0.05, 0) is 59.9 Å². The number of aryl methyl sites for hydroxylation is 1. The van der Waals surface area contributed by atoms with Crippen LogP contribution in [0.2, 0.25) is 5.02 Å². The fraction of sp³-hybridized carbons (Fsp3) is 0.152. The fourth-order valence-electron chi connectivity index (χ4n) is 5.87. The normalized spacial score (nSPS) is 15.7. The van der Waals surface area contributed by atoms with Gasteiger partial charge in [0.2, 0.25) is 0 Å². The molecule has 44 heavy (non-hydrogen) atoms. The molecule has 0 N–H and O–H groups in total. The summed E-state index contributed by atoms with van der Waals surface area (Å²) in [6.07, 6.45) is 3.26. The number of rotatable bonds is 6. The molecule has 1 aliphatic carbocycles. The van der Waals surface area contributed by atoms with Crippen LogP contribution in [0.3, 0.4) is 0 Å². The van der Waals surface area contributed by atoms with Gasteiger partial charge in [0.1, 0.15) is 11.5 Å². The second-order valence-electron chi connectivity index (χ2n) is 10.4. The van der Waals surface area contributed by atoms with Crippen molar-refractivity contribution in [2.45, 2.75) is 18.9 Å². The van der Waals surface area contributed by atoms with Crippen LogP contribution in [0.15, 0.2) is 92.6 Å². The van der Waals surface area contributed by atoms with E-state index < -0.39 is 11.0 Å². The summed E-state index contributed by atoms with van der Waals surface area (Å²) in [6.45, 7) is 0. The molecule has 2 aliphatic rings. The lowest BCUT2D eigenvalue weighted by molar-refractivity contribution is -0.384. The number of nitrogens with zero attached hydrogens (tertiary/aromatic N) is 3. The first kappa shape index (κ1) is 27.9. The Morgan fingerprint density at radius 3 is 2.64 bits per heavy atom. The molecule has 0 radical (unpaired) electrons. The van der Waals surface area contributed by atoms with Crippen molar-refractivity contribution in [3.8, 4) is 22.8 Å². The molecule has 2 aromatic heterocycles. The number of hydrogen-bond acceptors (Lipinski definition) is 8. The monoisotopic (exact) mass is 625 g/mol. The van der Waals surface area contributed by atoms with E-state index in [4.69, 9.17) is 30.5 Å². The lowest BCUT2D eigenvalue weighted by Crippen LogP contribution is -2.38. The van der Waals surface area contributed by atoms with Crippen LogP contribution in [0.4, 0.5) is 5.69 Å². The first-order chi connectivity index (χ1) is 21.4. The Morgan fingerprint density at radius 2 is 1.84 bits per heavy atom. The highest BCUT2D eigenvalue weighted by molar-refractivity contribution is 7.07. The first-order valence-corrected chi connectivity index (χ1v) is 14.9. The van der Waals surface area contributed by atoms with E-state index in [1.807, 2.05) is 30.3 Å². The van der Waals surface area contributed by atoms with E-state index in [0.29, 0.717) is 42.9 Å². The van der Waals surface area contributed by atoms with Gasteiger partial charge in [0.15, 0.2) is 16.3 Å². The van der Waals surface area contributed by atoms with Crippen molar-refractivity contribution in [2.24, 2.45) is 4.99 Å². The van der Waals surface area contributed by atoms with Gasteiger partial charge in [-0.15, -0.1) is 0 Å². The zero-order valence-corrected chi connectivity index (χ0v) is 25.1. The number of aromatic nitrogens is 1. The number of hydrogen-bond donors (Lipinski definition) is 0. The Bertz CT molecular complexity index is 2200. The molecule has 0 saturated carbocycles. The van der Waals surface area contributed by atoms with Gasteiger partial charge in [0, 0.05) is 29.3 Å². The largest absolute Gasteiger partial charge is 0.493 e. The number of halogens is 1. The second-order valence-corrected chi connectivity index (χ2v) is 11.8. The van der Waals surface area contributed by atoms with Crippen LogP contribution in [0.5, 0.6) is 11.5 Å². The Labute approximate surface area is 259 Å². The number of furan rings is 1. The highest BCUT2D eigenvalue weighted by atomic mass is 35.5. The summed E-state index contributed by atoms with van der Waals surface area (Å²) >= 11 is 7.61. The summed E-state index contributed by atoms with van der Waals surface area (Å²) < 4.78 is 19.3. The van der Waals surface area contributed by atoms with Crippen molar-refractivity contribution in [2.75, 3.05) is 14.2 Å². The zero-order chi connectivity index (χ0) is 30.5. The first-order valence-electron chi connectivity index (χ1n) is 13.8. The third-order valence-electron chi connectivity index (χ3n) is 7.92. The summed E-state index contributed by atoms with van der Waals surface area (Å²) in [7, 11) is 3.18. The molecule has 11 heteroatoms. The van der Waals surface area contributed by atoms with Gasteiger partial charge in [-0.1, -0.05) is 53.3 Å². The minimum Gasteiger partial charge on any atom is -0.493 e. The van der Waals surface area contributed by atoms with Crippen LogP contribution in [-0.2, 0) is 6.42 Å². The summed E-state index contributed by atoms with van der Waals surface area (Å²) in [5.74, 6) is 1.94. The summed E-state index contributed by atoms with van der Waals surface area (Å²) in [6, 6.07) is 21.1. The maximum atomic E-state index is 14.1. The second kappa shape index (κ2) is 11.0. The maximum Gasteiger partial charge on any atom is 0.271 e. The molecule has 0 amide bonds. The van der Waals surface area contributed by atoms with Crippen molar-refractivity contribution < 1.29 is 18.8 Å². The van der Waals surface area contributed by atoms with Gasteiger partial charge in [-0.2, -0.15) is 0 Å². The fourth-order valence-corrected chi connectivity index (χ4v) is 7.06. The third-order valence-corrected chi connectivity index (χ3v) is 9.24. The minimum atomic E-state index is -0.489. The molecule has 9 nitrogen and oxygen atoms in total. The lowest BCUT2D eigenvalue weighted by Gasteiger charge is -2.31. The number of ether oxygens (including phenoxy) is 2. The van der Waals surface area contributed by atoms with E-state index in [1.165, 1.54) is 35.1 Å². The molecule has 3 heterocycles. The molecule has 0 fully saturated rings. The van der Waals surface area contributed by atoms with E-state index in [0.717, 1.165) is 35.2 Å². The van der Waals surface area contributed by atoms with Crippen LogP contribution in [0, 0.1) is 10.1 Å². The molecule has 3 aromatic carbocycles. The zero-order valence-electron chi connectivity index (χ0n) is 23.6. The molecule has 7 rings (SSSR count). The summed E-state index contributed by atoms with van der Waals surface area (Å²) in [4.78, 5) is 30.5. The van der Waals surface area contributed by atoms with Crippen molar-refractivity contribution >= 4 is 40.4 Å². The van der Waals surface area contributed by atoms with E-state index >= 15 is 0 Å². The molecule has 1 atom stereocenters. The number of allylic oxidation sites excluding steroid dienone is 1. The van der Waals surface area contributed by atoms with Gasteiger partial charge in [0.05, 0.1) is 40.4 Å². The van der Waals surface area contributed by atoms with Gasteiger partial charge in [-0.3, -0.25) is 19.5 Å². The number of non-ortho nitro benzene ring substituents is 1. The molecular weight excluding hydrogens is 602 g/mol. The van der Waals surface area contributed by atoms with E-state index in [1.54, 1.807) is 37.0 Å². The predicted molar refractivity (Wildman–Crippen MR) is 168 cm³/mol. The van der Waals surface area contributed by atoms with Gasteiger partial charge in [-0.25, -0.2) is 4.99 Å². The van der Waals surface area contributed by atoms with Crippen molar-refractivity contribution in [3.05, 3.63) is 136 Å². The van der Waals surface area contributed by atoms with Gasteiger partial charge in [0.25, 0.3) is 11.2 Å². The summed E-state index contributed by atoms with van der Waals surface area (Å²) in [5.41, 5.74) is 5.22. The van der Waals surface area contributed by atoms with Crippen LogP contribution in [0.25, 0.3) is 23.1 Å². The number of nitro benzene ring substituents is 1. The van der Waals surface area contributed by atoms with Crippen LogP contribution in [-0.4, -0.2) is 23.7 Å². The lowest BCUT2D eigenvalue weighted by atomic mass is 9.83. The molecule has 0 bridgehead atoms. The topological polar surface area (TPSA) is 109 Å². The highest BCUT2D eigenvalue weighted by Gasteiger charge is 2.33. The number of fused-ring (bicyclic) bond motifs is 3. The number of benzene rings is 3.